The Bertz CT molecular complexity index is 4260. The van der Waals surface area contributed by atoms with Gasteiger partial charge in [0.15, 0.2) is 0 Å². The molecule has 0 aliphatic heterocycles. The molecule has 0 aliphatic rings. The first-order chi connectivity index (χ1) is 34.2. The van der Waals surface area contributed by atoms with Gasteiger partial charge in [-0.05, 0) is 132 Å². The van der Waals surface area contributed by atoms with E-state index in [2.05, 4.69) is 264 Å². The molecule has 69 heavy (non-hydrogen) atoms. The standard InChI is InChI=1S/C66H42N2S/c1-3-18-55-44(12-1)26-27-50-40-49(33-38-56(50)55)48-15-10-16-53(42-48)67(52-36-30-46(31-37-52)58-22-11-23-61-62-39-32-45-13-2-4-19-57(45)66(62)69-65(58)61)51-34-28-43(29-35-51)47-14-9-17-54(41-47)68-63-24-7-5-20-59(63)60-21-6-8-25-64(60)68/h1-42H. The van der Waals surface area contributed by atoms with Crippen molar-refractivity contribution in [1.29, 1.82) is 0 Å². The minimum Gasteiger partial charge on any atom is -0.310 e. The summed E-state index contributed by atoms with van der Waals surface area (Å²) in [5.74, 6) is 0. The van der Waals surface area contributed by atoms with E-state index >= 15 is 0 Å². The molecule has 0 bridgehead atoms. The first-order valence-electron chi connectivity index (χ1n) is 23.6. The number of fused-ring (bicyclic) bond motifs is 11. The van der Waals surface area contributed by atoms with Gasteiger partial charge in [0, 0.05) is 53.7 Å². The van der Waals surface area contributed by atoms with E-state index in [0.29, 0.717) is 0 Å². The molecule has 0 spiro atoms. The third kappa shape index (κ3) is 6.54. The van der Waals surface area contributed by atoms with Crippen molar-refractivity contribution in [3.8, 4) is 39.1 Å². The fourth-order valence-electron chi connectivity index (χ4n) is 10.8. The quantitative estimate of drug-likeness (QED) is 0.145. The van der Waals surface area contributed by atoms with Gasteiger partial charge < -0.3 is 9.47 Å². The molecule has 0 radical (unpaired) electrons. The van der Waals surface area contributed by atoms with Crippen molar-refractivity contribution in [2.45, 2.75) is 0 Å². The SMILES string of the molecule is c1cc(-c2ccc3c(ccc4ccccc43)c2)cc(N(c2ccc(-c3cccc(-n4c5ccccc5c5ccccc54)c3)cc2)c2ccc(-c3cccc4c3sc3c5ccccc5ccc43)cc2)c1. The highest BCUT2D eigenvalue weighted by Gasteiger charge is 2.18. The predicted octanol–water partition coefficient (Wildman–Crippen LogP) is 19.1. The zero-order valence-electron chi connectivity index (χ0n) is 37.6. The molecule has 2 aromatic heterocycles. The van der Waals surface area contributed by atoms with Crippen LogP contribution in [0.1, 0.15) is 0 Å². The van der Waals surface area contributed by atoms with Gasteiger partial charge in [0.2, 0.25) is 0 Å². The summed E-state index contributed by atoms with van der Waals surface area (Å²) in [6.07, 6.45) is 0. The largest absolute Gasteiger partial charge is 0.310 e. The van der Waals surface area contributed by atoms with Crippen molar-refractivity contribution in [3.05, 3.63) is 255 Å². The van der Waals surface area contributed by atoms with Crippen molar-refractivity contribution < 1.29 is 0 Å². The molecule has 2 nitrogen and oxygen atoms in total. The van der Waals surface area contributed by atoms with Gasteiger partial charge in [0.1, 0.15) is 0 Å². The maximum atomic E-state index is 2.40. The van der Waals surface area contributed by atoms with E-state index in [9.17, 15) is 0 Å². The van der Waals surface area contributed by atoms with E-state index in [4.69, 9.17) is 0 Å². The van der Waals surface area contributed by atoms with E-state index in [1.807, 2.05) is 11.3 Å². The molecule has 322 valence electrons. The normalized spacial score (nSPS) is 11.8. The minimum atomic E-state index is 1.09. The number of anilines is 3. The van der Waals surface area contributed by atoms with Gasteiger partial charge >= 0.3 is 0 Å². The Hall–Kier alpha value is -8.76. The van der Waals surface area contributed by atoms with Crippen LogP contribution in [0.3, 0.4) is 0 Å². The summed E-state index contributed by atoms with van der Waals surface area (Å²) in [5, 5.41) is 12.8. The molecule has 12 aromatic carbocycles. The lowest BCUT2D eigenvalue weighted by molar-refractivity contribution is 1.18. The van der Waals surface area contributed by atoms with Gasteiger partial charge in [-0.25, -0.2) is 0 Å². The summed E-state index contributed by atoms with van der Waals surface area (Å²) in [7, 11) is 0. The lowest BCUT2D eigenvalue weighted by Gasteiger charge is -2.26. The molecule has 3 heteroatoms. The Morgan fingerprint density at radius 1 is 0.275 bits per heavy atom. The highest BCUT2D eigenvalue weighted by atomic mass is 32.1. The van der Waals surface area contributed by atoms with Gasteiger partial charge in [-0.3, -0.25) is 0 Å². The smallest absolute Gasteiger partial charge is 0.0541 e. The molecule has 14 aromatic rings. The van der Waals surface area contributed by atoms with E-state index < -0.39 is 0 Å². The summed E-state index contributed by atoms with van der Waals surface area (Å²) in [4.78, 5) is 2.40. The Kier molecular flexibility index (Phi) is 9.11. The fraction of sp³-hybridized carbons (Fsp3) is 0. The van der Waals surface area contributed by atoms with Crippen molar-refractivity contribution in [1.82, 2.24) is 4.57 Å². The zero-order valence-corrected chi connectivity index (χ0v) is 38.4. The van der Waals surface area contributed by atoms with Crippen LogP contribution in [0.2, 0.25) is 0 Å². The summed E-state index contributed by atoms with van der Waals surface area (Å²) in [6, 6.07) is 93.7. The van der Waals surface area contributed by atoms with Crippen molar-refractivity contribution in [2.24, 2.45) is 0 Å². The van der Waals surface area contributed by atoms with Crippen LogP contribution in [-0.2, 0) is 0 Å². The molecule has 0 fully saturated rings. The van der Waals surface area contributed by atoms with Crippen molar-refractivity contribution in [3.63, 3.8) is 0 Å². The van der Waals surface area contributed by atoms with Crippen LogP contribution < -0.4 is 4.90 Å². The van der Waals surface area contributed by atoms with Crippen molar-refractivity contribution in [2.75, 3.05) is 4.90 Å². The van der Waals surface area contributed by atoms with Gasteiger partial charge in [-0.1, -0.05) is 188 Å². The number of thiophene rings is 1. The molecule has 0 atom stereocenters. The van der Waals surface area contributed by atoms with Gasteiger partial charge in [-0.15, -0.1) is 11.3 Å². The molecular formula is C66H42N2S. The molecule has 2 heterocycles. The Morgan fingerprint density at radius 2 is 0.783 bits per heavy atom. The van der Waals surface area contributed by atoms with E-state index in [-0.39, 0.29) is 0 Å². The highest BCUT2D eigenvalue weighted by molar-refractivity contribution is 7.27. The summed E-state index contributed by atoms with van der Waals surface area (Å²) < 4.78 is 5.06. The molecule has 0 amide bonds. The Labute approximate surface area is 403 Å². The molecule has 0 saturated carbocycles. The monoisotopic (exact) mass is 894 g/mol. The van der Waals surface area contributed by atoms with Gasteiger partial charge in [-0.2, -0.15) is 0 Å². The molecule has 0 aliphatic carbocycles. The fourth-order valence-corrected chi connectivity index (χ4v) is 12.2. The van der Waals surface area contributed by atoms with Crippen LogP contribution >= 0.6 is 11.3 Å². The predicted molar refractivity (Wildman–Crippen MR) is 297 cm³/mol. The third-order valence-electron chi connectivity index (χ3n) is 14.2. The molecule has 0 N–H and O–H groups in total. The average molecular weight is 895 g/mol. The number of hydrogen-bond acceptors (Lipinski definition) is 2. The van der Waals surface area contributed by atoms with Crippen LogP contribution in [-0.4, -0.2) is 4.57 Å². The summed E-state index contributed by atoms with van der Waals surface area (Å²) in [6.45, 7) is 0. The molecule has 0 saturated heterocycles. The second-order valence-electron chi connectivity index (χ2n) is 18.1. The summed E-state index contributed by atoms with van der Waals surface area (Å²) >= 11 is 1.91. The van der Waals surface area contributed by atoms with Crippen LogP contribution in [0.4, 0.5) is 17.1 Å². The van der Waals surface area contributed by atoms with Gasteiger partial charge in [0.05, 0.1) is 11.0 Å². The molecule has 0 unspecified atom stereocenters. The second-order valence-corrected chi connectivity index (χ2v) is 19.1. The third-order valence-corrected chi connectivity index (χ3v) is 15.4. The number of nitrogens with zero attached hydrogens (tertiary/aromatic N) is 2. The molecule has 14 rings (SSSR count). The van der Waals surface area contributed by atoms with Crippen LogP contribution in [0.5, 0.6) is 0 Å². The first kappa shape index (κ1) is 39.4. The lowest BCUT2D eigenvalue weighted by Crippen LogP contribution is -2.10. The maximum Gasteiger partial charge on any atom is 0.0541 e. The van der Waals surface area contributed by atoms with Crippen LogP contribution in [0.15, 0.2) is 255 Å². The lowest BCUT2D eigenvalue weighted by atomic mass is 9.97. The number of aromatic nitrogens is 1. The van der Waals surface area contributed by atoms with Crippen molar-refractivity contribution >= 4 is 103 Å². The Balaban J connectivity index is 0.867. The number of benzene rings is 12. The number of para-hydroxylation sites is 2. The second kappa shape index (κ2) is 16.0. The summed E-state index contributed by atoms with van der Waals surface area (Å²) in [5.41, 5.74) is 14.0. The topological polar surface area (TPSA) is 8.17 Å². The average Bonchev–Trinajstić information content (AvgIpc) is 3.98. The first-order valence-corrected chi connectivity index (χ1v) is 24.5. The van der Waals surface area contributed by atoms with Crippen LogP contribution in [0, 0.1) is 0 Å². The number of hydrogen-bond donors (Lipinski definition) is 0. The number of rotatable bonds is 7. The van der Waals surface area contributed by atoms with Crippen LogP contribution in [0.25, 0.3) is 113 Å². The highest BCUT2D eigenvalue weighted by Crippen LogP contribution is 2.45. The Morgan fingerprint density at radius 3 is 1.54 bits per heavy atom. The molecular weight excluding hydrogens is 853 g/mol. The van der Waals surface area contributed by atoms with E-state index in [1.165, 1.54) is 108 Å². The zero-order chi connectivity index (χ0) is 45.4. The van der Waals surface area contributed by atoms with E-state index in [0.717, 1.165) is 22.7 Å². The van der Waals surface area contributed by atoms with Gasteiger partial charge in [0.25, 0.3) is 0 Å². The van der Waals surface area contributed by atoms with E-state index in [1.54, 1.807) is 0 Å². The maximum absolute atomic E-state index is 2.40. The minimum absolute atomic E-state index is 1.09.